The third kappa shape index (κ3) is 2.99. The molecule has 1 heterocycles. The van der Waals surface area contributed by atoms with Gasteiger partial charge >= 0.3 is 0 Å². The van der Waals surface area contributed by atoms with Crippen molar-refractivity contribution in [1.29, 1.82) is 0 Å². The first kappa shape index (κ1) is 13.9. The van der Waals surface area contributed by atoms with Crippen LogP contribution < -0.4 is 5.32 Å². The second-order valence-corrected chi connectivity index (χ2v) is 6.30. The van der Waals surface area contributed by atoms with Crippen molar-refractivity contribution in [2.45, 2.75) is 31.7 Å². The summed E-state index contributed by atoms with van der Waals surface area (Å²) in [5, 5.41) is 4.12. The molecule has 1 aromatic carbocycles. The van der Waals surface area contributed by atoms with Gasteiger partial charge in [-0.05, 0) is 36.5 Å². The molecule has 1 aliphatic heterocycles. The third-order valence-corrected chi connectivity index (χ3v) is 4.72. The van der Waals surface area contributed by atoms with E-state index in [1.807, 2.05) is 23.1 Å². The lowest BCUT2D eigenvalue weighted by atomic mass is 9.82. The van der Waals surface area contributed by atoms with Crippen molar-refractivity contribution >= 4 is 17.5 Å². The number of rotatable bonds is 3. The van der Waals surface area contributed by atoms with Gasteiger partial charge in [-0.25, -0.2) is 0 Å². The van der Waals surface area contributed by atoms with E-state index < -0.39 is 0 Å². The Labute approximate surface area is 125 Å². The molecule has 3 nitrogen and oxygen atoms in total. The number of nitrogens with zero attached hydrogens (tertiary/aromatic N) is 1. The second kappa shape index (κ2) is 6.15. The molecule has 4 heteroatoms. The number of halogens is 1. The van der Waals surface area contributed by atoms with Gasteiger partial charge < -0.3 is 10.2 Å². The summed E-state index contributed by atoms with van der Waals surface area (Å²) in [5.41, 5.74) is 1.13. The maximum Gasteiger partial charge on any atom is 0.223 e. The van der Waals surface area contributed by atoms with Crippen LogP contribution in [-0.2, 0) is 4.79 Å². The molecule has 2 fully saturated rings. The number of amides is 1. The van der Waals surface area contributed by atoms with Crippen LogP contribution in [0.5, 0.6) is 0 Å². The Kier molecular flexibility index (Phi) is 4.27. The molecule has 1 atom stereocenters. The molecule has 20 heavy (non-hydrogen) atoms. The van der Waals surface area contributed by atoms with E-state index in [0.717, 1.165) is 36.6 Å². The monoisotopic (exact) mass is 292 g/mol. The van der Waals surface area contributed by atoms with Gasteiger partial charge in [0, 0.05) is 31.1 Å². The molecular weight excluding hydrogens is 272 g/mol. The Balaban J connectivity index is 1.74. The number of piperazine rings is 1. The summed E-state index contributed by atoms with van der Waals surface area (Å²) < 4.78 is 0. The fourth-order valence-corrected chi connectivity index (χ4v) is 3.27. The molecule has 1 unspecified atom stereocenters. The molecule has 1 saturated heterocycles. The van der Waals surface area contributed by atoms with Crippen molar-refractivity contribution in [2.75, 3.05) is 19.6 Å². The number of hydrogen-bond acceptors (Lipinski definition) is 2. The van der Waals surface area contributed by atoms with Crippen LogP contribution in [0, 0.1) is 5.92 Å². The van der Waals surface area contributed by atoms with Crippen LogP contribution in [0.1, 0.15) is 37.3 Å². The van der Waals surface area contributed by atoms with Gasteiger partial charge in [0.25, 0.3) is 0 Å². The fourth-order valence-electron chi connectivity index (χ4n) is 3.08. The molecule has 1 aromatic rings. The minimum absolute atomic E-state index is 0.120. The van der Waals surface area contributed by atoms with Crippen LogP contribution in [0.3, 0.4) is 0 Å². The molecule has 0 radical (unpaired) electrons. The van der Waals surface area contributed by atoms with Gasteiger partial charge in [0.15, 0.2) is 0 Å². The lowest BCUT2D eigenvalue weighted by Gasteiger charge is -2.38. The first-order valence-electron chi connectivity index (χ1n) is 7.49. The highest BCUT2D eigenvalue weighted by atomic mass is 35.5. The van der Waals surface area contributed by atoms with E-state index in [1.54, 1.807) is 0 Å². The molecule has 1 aliphatic carbocycles. The maximum atomic E-state index is 12.5. The zero-order valence-electron chi connectivity index (χ0n) is 11.6. The van der Waals surface area contributed by atoms with E-state index in [4.69, 9.17) is 11.6 Å². The first-order chi connectivity index (χ1) is 9.74. The van der Waals surface area contributed by atoms with E-state index in [2.05, 4.69) is 11.4 Å². The molecule has 0 bridgehead atoms. The van der Waals surface area contributed by atoms with Crippen molar-refractivity contribution in [2.24, 2.45) is 5.92 Å². The molecule has 3 rings (SSSR count). The number of carbonyl (C=O) groups is 1. The van der Waals surface area contributed by atoms with Crippen LogP contribution in [0.2, 0.25) is 5.02 Å². The van der Waals surface area contributed by atoms with E-state index in [0.29, 0.717) is 11.8 Å². The number of carbonyl (C=O) groups excluding carboxylic acids is 1. The Bertz CT molecular complexity index is 487. The van der Waals surface area contributed by atoms with E-state index in [1.165, 1.54) is 19.3 Å². The highest BCUT2D eigenvalue weighted by Crippen LogP contribution is 2.32. The zero-order valence-corrected chi connectivity index (χ0v) is 12.4. The van der Waals surface area contributed by atoms with Crippen molar-refractivity contribution in [1.82, 2.24) is 10.2 Å². The predicted molar refractivity (Wildman–Crippen MR) is 80.7 cm³/mol. The molecule has 0 spiro atoms. The predicted octanol–water partition coefficient (Wildman–Crippen LogP) is 3.00. The van der Waals surface area contributed by atoms with Crippen molar-refractivity contribution in [3.63, 3.8) is 0 Å². The summed E-state index contributed by atoms with van der Waals surface area (Å²) in [6.45, 7) is 2.49. The largest absolute Gasteiger partial charge is 0.333 e. The first-order valence-corrected chi connectivity index (χ1v) is 7.87. The van der Waals surface area contributed by atoms with Crippen LogP contribution in [0.4, 0.5) is 0 Å². The third-order valence-electron chi connectivity index (χ3n) is 4.49. The number of hydrogen-bond donors (Lipinski definition) is 1. The van der Waals surface area contributed by atoms with Crippen molar-refractivity contribution in [3.8, 4) is 0 Å². The minimum Gasteiger partial charge on any atom is -0.333 e. The smallest absolute Gasteiger partial charge is 0.223 e. The molecule has 1 saturated carbocycles. The summed E-state index contributed by atoms with van der Waals surface area (Å²) in [5.74, 6) is 0.929. The summed E-state index contributed by atoms with van der Waals surface area (Å²) in [6, 6.07) is 7.99. The number of benzene rings is 1. The molecule has 0 aromatic heterocycles. The lowest BCUT2D eigenvalue weighted by molar-refractivity contribution is -0.136. The molecule has 1 amide bonds. The lowest BCUT2D eigenvalue weighted by Crippen LogP contribution is -2.49. The normalized spacial score (nSPS) is 23.4. The zero-order chi connectivity index (χ0) is 13.9. The molecule has 1 N–H and O–H groups in total. The summed E-state index contributed by atoms with van der Waals surface area (Å²) in [7, 11) is 0. The average Bonchev–Trinajstić information content (AvgIpc) is 2.43. The van der Waals surface area contributed by atoms with E-state index in [9.17, 15) is 4.79 Å². The van der Waals surface area contributed by atoms with Gasteiger partial charge in [-0.1, -0.05) is 30.2 Å². The van der Waals surface area contributed by atoms with Gasteiger partial charge in [-0.2, -0.15) is 0 Å². The summed E-state index contributed by atoms with van der Waals surface area (Å²) >= 11 is 6.08. The van der Waals surface area contributed by atoms with Gasteiger partial charge in [-0.15, -0.1) is 0 Å². The summed E-state index contributed by atoms with van der Waals surface area (Å²) in [4.78, 5) is 14.6. The maximum absolute atomic E-state index is 12.5. The Morgan fingerprint density at radius 3 is 2.95 bits per heavy atom. The van der Waals surface area contributed by atoms with Crippen LogP contribution in [0.25, 0.3) is 0 Å². The van der Waals surface area contributed by atoms with E-state index in [-0.39, 0.29) is 6.04 Å². The van der Waals surface area contributed by atoms with Gasteiger partial charge in [0.05, 0.1) is 6.04 Å². The van der Waals surface area contributed by atoms with Crippen LogP contribution >= 0.6 is 11.6 Å². The highest BCUT2D eigenvalue weighted by Gasteiger charge is 2.30. The Morgan fingerprint density at radius 1 is 1.40 bits per heavy atom. The minimum atomic E-state index is 0.120. The Hall–Kier alpha value is -1.06. The second-order valence-electron chi connectivity index (χ2n) is 5.86. The fraction of sp³-hybridized carbons (Fsp3) is 0.562. The Morgan fingerprint density at radius 2 is 2.25 bits per heavy atom. The highest BCUT2D eigenvalue weighted by molar-refractivity contribution is 6.30. The van der Waals surface area contributed by atoms with E-state index >= 15 is 0 Å². The van der Waals surface area contributed by atoms with Gasteiger partial charge in [0.2, 0.25) is 5.91 Å². The standard InChI is InChI=1S/C16H21ClN2O/c17-14-6-2-5-13(10-14)15-11-18-7-8-19(15)16(20)9-12-3-1-4-12/h2,5-6,10,12,15,18H,1,3-4,7-9,11H2. The quantitative estimate of drug-likeness (QED) is 0.929. The summed E-state index contributed by atoms with van der Waals surface area (Å²) in [6.07, 6.45) is 4.45. The van der Waals surface area contributed by atoms with Crippen molar-refractivity contribution < 1.29 is 4.79 Å². The number of nitrogens with one attached hydrogen (secondary N) is 1. The van der Waals surface area contributed by atoms with Crippen LogP contribution in [0.15, 0.2) is 24.3 Å². The van der Waals surface area contributed by atoms with Gasteiger partial charge in [0.1, 0.15) is 0 Å². The average molecular weight is 293 g/mol. The molecule has 108 valence electrons. The molecular formula is C16H21ClN2O. The SMILES string of the molecule is O=C(CC1CCC1)N1CCNCC1c1cccc(Cl)c1. The molecule has 2 aliphatic rings. The van der Waals surface area contributed by atoms with Gasteiger partial charge in [-0.3, -0.25) is 4.79 Å². The van der Waals surface area contributed by atoms with Crippen molar-refractivity contribution in [3.05, 3.63) is 34.9 Å². The van der Waals surface area contributed by atoms with Crippen LogP contribution in [-0.4, -0.2) is 30.4 Å². The topological polar surface area (TPSA) is 32.3 Å².